The molecule has 0 aromatic carbocycles. The molecule has 0 aliphatic carbocycles. The Labute approximate surface area is 39.5 Å². The van der Waals surface area contributed by atoms with Crippen LogP contribution in [0.4, 0.5) is 0 Å². The van der Waals surface area contributed by atoms with Crippen molar-refractivity contribution >= 4 is 0 Å². The Hall–Kier alpha value is -0.0800. The Kier molecular flexibility index (Phi) is 0.601. The second-order valence-corrected chi connectivity index (χ2v) is 1.32. The first kappa shape index (κ1) is 2.28. The van der Waals surface area contributed by atoms with Gasteiger partial charge in [0.05, 0.1) is 15.5 Å². The molecule has 2 nitrogen and oxygen atoms in total. The largest absolute Gasteiger partial charge is 0.396 e. The highest BCUT2D eigenvalue weighted by molar-refractivity contribution is 4.66. The van der Waals surface area contributed by atoms with Gasteiger partial charge in [-0.25, -0.2) is 0 Å². The Morgan fingerprint density at radius 2 is 2.83 bits per heavy atom. The minimum Gasteiger partial charge on any atom is -0.396 e. The third-order valence-electron chi connectivity index (χ3n) is 0.721. The Morgan fingerprint density at radius 1 is 2.17 bits per heavy atom. The first-order chi connectivity index (χ1) is 3.58. The molecule has 0 spiro atoms. The predicted octanol–water partition coefficient (Wildman–Crippen LogP) is -0.232. The van der Waals surface area contributed by atoms with Gasteiger partial charge >= 0.3 is 0 Å². The molecule has 0 amide bonds. The van der Waals surface area contributed by atoms with Crippen molar-refractivity contribution in [3.05, 3.63) is 0 Å². The minimum absolute atomic E-state index is 0.0324. The van der Waals surface area contributed by atoms with Gasteiger partial charge in [-0.05, 0) is 6.42 Å². The van der Waals surface area contributed by atoms with E-state index in [1.807, 2.05) is 0 Å². The number of aliphatic hydroxyl groups is 1. The molecule has 0 aromatic heterocycles. The molecular formula is C4H8O2. The van der Waals surface area contributed by atoms with Crippen LogP contribution in [0.25, 0.3) is 0 Å². The SMILES string of the molecule is [2H]C([2H])(O)CC1CO1. The predicted molar refractivity (Wildman–Crippen MR) is 21.4 cm³/mol. The minimum atomic E-state index is -2.04. The highest BCUT2D eigenvalue weighted by Crippen LogP contribution is 2.11. The van der Waals surface area contributed by atoms with E-state index in [-0.39, 0.29) is 12.5 Å². The molecule has 0 bridgehead atoms. The van der Waals surface area contributed by atoms with Crippen LogP contribution in [0.5, 0.6) is 0 Å². The summed E-state index contributed by atoms with van der Waals surface area (Å²) in [5, 5.41) is 8.48. The molecular weight excluding hydrogens is 80.0 g/mol. The van der Waals surface area contributed by atoms with Crippen LogP contribution in [0.2, 0.25) is 0 Å². The van der Waals surface area contributed by atoms with Gasteiger partial charge in [0.15, 0.2) is 0 Å². The Balaban J connectivity index is 2.16. The number of hydrogen-bond donors (Lipinski definition) is 1. The van der Waals surface area contributed by atoms with Crippen molar-refractivity contribution in [2.75, 3.05) is 13.2 Å². The number of ether oxygens (including phenoxy) is 1. The van der Waals surface area contributed by atoms with Crippen LogP contribution >= 0.6 is 0 Å². The van der Waals surface area contributed by atoms with E-state index in [9.17, 15) is 0 Å². The quantitative estimate of drug-likeness (QED) is 0.475. The zero-order valence-corrected chi connectivity index (χ0v) is 3.35. The molecule has 1 unspecified atom stereocenters. The van der Waals surface area contributed by atoms with Gasteiger partial charge < -0.3 is 9.84 Å². The molecule has 1 aliphatic heterocycles. The summed E-state index contributed by atoms with van der Waals surface area (Å²) in [5.41, 5.74) is 0. The van der Waals surface area contributed by atoms with Gasteiger partial charge in [0.25, 0.3) is 0 Å². The molecule has 0 aromatic rings. The summed E-state index contributed by atoms with van der Waals surface area (Å²) >= 11 is 0. The lowest BCUT2D eigenvalue weighted by atomic mass is 10.4. The molecule has 1 rings (SSSR count). The molecule has 36 valence electrons. The van der Waals surface area contributed by atoms with Crippen molar-refractivity contribution in [3.63, 3.8) is 0 Å². The van der Waals surface area contributed by atoms with Crippen LogP contribution in [0.1, 0.15) is 9.16 Å². The maximum Gasteiger partial charge on any atom is 0.0831 e. The molecule has 1 saturated heterocycles. The van der Waals surface area contributed by atoms with Crippen molar-refractivity contribution < 1.29 is 12.6 Å². The van der Waals surface area contributed by atoms with Crippen LogP contribution in [-0.2, 0) is 4.74 Å². The van der Waals surface area contributed by atoms with E-state index in [4.69, 9.17) is 7.85 Å². The second kappa shape index (κ2) is 1.58. The average Bonchev–Trinajstić information content (AvgIpc) is 2.12. The lowest BCUT2D eigenvalue weighted by molar-refractivity contribution is 0.264. The number of hydrogen-bond acceptors (Lipinski definition) is 2. The monoisotopic (exact) mass is 90.1 g/mol. The van der Waals surface area contributed by atoms with Crippen molar-refractivity contribution in [1.82, 2.24) is 0 Å². The van der Waals surface area contributed by atoms with Crippen LogP contribution in [0.15, 0.2) is 0 Å². The summed E-state index contributed by atoms with van der Waals surface area (Å²) < 4.78 is 18.0. The van der Waals surface area contributed by atoms with Gasteiger partial charge in [0, 0.05) is 6.56 Å². The fraction of sp³-hybridized carbons (Fsp3) is 1.00. The highest BCUT2D eigenvalue weighted by atomic mass is 16.6. The normalized spacial score (nSPS) is 37.8. The lowest BCUT2D eigenvalue weighted by Crippen LogP contribution is -1.88. The third-order valence-corrected chi connectivity index (χ3v) is 0.721. The van der Waals surface area contributed by atoms with E-state index in [1.165, 1.54) is 0 Å². The molecule has 1 aliphatic rings. The average molecular weight is 90.1 g/mol. The van der Waals surface area contributed by atoms with Gasteiger partial charge in [-0.3, -0.25) is 0 Å². The molecule has 1 fully saturated rings. The van der Waals surface area contributed by atoms with Crippen molar-refractivity contribution in [1.29, 1.82) is 0 Å². The van der Waals surface area contributed by atoms with Gasteiger partial charge in [0.2, 0.25) is 0 Å². The zero-order chi connectivity index (χ0) is 6.20. The van der Waals surface area contributed by atoms with Crippen LogP contribution in [0.3, 0.4) is 0 Å². The fourth-order valence-electron chi connectivity index (χ4n) is 0.288. The molecule has 1 atom stereocenters. The summed E-state index contributed by atoms with van der Waals surface area (Å²) in [6.45, 7) is -1.44. The van der Waals surface area contributed by atoms with Gasteiger partial charge in [-0.2, -0.15) is 0 Å². The first-order valence-electron chi connectivity index (χ1n) is 2.92. The number of rotatable bonds is 2. The summed E-state index contributed by atoms with van der Waals surface area (Å²) in [4.78, 5) is 0. The van der Waals surface area contributed by atoms with Gasteiger partial charge in [0.1, 0.15) is 0 Å². The molecule has 1 heterocycles. The summed E-state index contributed by atoms with van der Waals surface area (Å²) in [6, 6.07) is 0. The molecule has 0 saturated carbocycles. The standard InChI is InChI=1S/C4H8O2/c5-2-1-4-3-6-4/h4-5H,1-3H2/i2D2. The van der Waals surface area contributed by atoms with E-state index in [0.29, 0.717) is 6.61 Å². The van der Waals surface area contributed by atoms with Crippen molar-refractivity contribution in [2.45, 2.75) is 12.5 Å². The molecule has 6 heavy (non-hydrogen) atoms. The van der Waals surface area contributed by atoms with Gasteiger partial charge in [-0.1, -0.05) is 0 Å². The van der Waals surface area contributed by atoms with E-state index in [2.05, 4.69) is 4.74 Å². The van der Waals surface area contributed by atoms with Crippen molar-refractivity contribution in [2.24, 2.45) is 0 Å². The van der Waals surface area contributed by atoms with Crippen LogP contribution in [-0.4, -0.2) is 24.4 Å². The molecule has 1 N–H and O–H groups in total. The zero-order valence-electron chi connectivity index (χ0n) is 5.35. The fourth-order valence-corrected chi connectivity index (χ4v) is 0.288. The topological polar surface area (TPSA) is 32.8 Å². The Bertz CT molecular complexity index is 84.5. The van der Waals surface area contributed by atoms with E-state index < -0.39 is 6.56 Å². The highest BCUT2D eigenvalue weighted by Gasteiger charge is 2.20. The smallest absolute Gasteiger partial charge is 0.0831 e. The summed E-state index contributed by atoms with van der Waals surface area (Å²) in [7, 11) is 0. The maximum atomic E-state index is 8.48. The van der Waals surface area contributed by atoms with Gasteiger partial charge in [-0.15, -0.1) is 0 Å². The van der Waals surface area contributed by atoms with Crippen LogP contribution < -0.4 is 0 Å². The summed E-state index contributed by atoms with van der Waals surface area (Å²) in [6.07, 6.45) is 0.0718. The van der Waals surface area contributed by atoms with Crippen LogP contribution in [0, 0.1) is 0 Å². The lowest BCUT2D eigenvalue weighted by Gasteiger charge is -1.80. The summed E-state index contributed by atoms with van der Waals surface area (Å²) in [5.74, 6) is 0. The Morgan fingerprint density at radius 3 is 3.00 bits per heavy atom. The van der Waals surface area contributed by atoms with Crippen molar-refractivity contribution in [3.8, 4) is 0 Å². The number of epoxide rings is 1. The molecule has 2 heteroatoms. The second-order valence-electron chi connectivity index (χ2n) is 1.32. The van der Waals surface area contributed by atoms with E-state index in [0.717, 1.165) is 0 Å². The maximum absolute atomic E-state index is 8.48. The van der Waals surface area contributed by atoms with E-state index in [1.54, 1.807) is 0 Å². The first-order valence-corrected chi connectivity index (χ1v) is 1.92. The molecule has 0 radical (unpaired) electrons. The third kappa shape index (κ3) is 0.954. The van der Waals surface area contributed by atoms with E-state index >= 15 is 0 Å².